The largest absolute Gasteiger partial charge is 0.381 e. The SMILES string of the molecule is CCOC1CC(Nc2ccc(Br)cc2Cl)C1. The number of hydrogen-bond donors (Lipinski definition) is 1. The third-order valence-electron chi connectivity index (χ3n) is 2.79. The summed E-state index contributed by atoms with van der Waals surface area (Å²) >= 11 is 9.52. The number of benzene rings is 1. The highest BCUT2D eigenvalue weighted by molar-refractivity contribution is 9.10. The topological polar surface area (TPSA) is 21.3 Å². The minimum Gasteiger partial charge on any atom is -0.381 e. The molecule has 0 heterocycles. The second kappa shape index (κ2) is 5.39. The molecule has 88 valence electrons. The van der Waals surface area contributed by atoms with Crippen molar-refractivity contribution in [2.75, 3.05) is 11.9 Å². The van der Waals surface area contributed by atoms with Crippen LogP contribution in [0.5, 0.6) is 0 Å². The molecular formula is C12H15BrClNO. The standard InChI is InChI=1S/C12H15BrClNO/c1-2-16-10-6-9(7-10)15-12-4-3-8(13)5-11(12)14/h3-5,9-10,15H,2,6-7H2,1H3. The van der Waals surface area contributed by atoms with Crippen molar-refractivity contribution in [3.63, 3.8) is 0 Å². The van der Waals surface area contributed by atoms with Gasteiger partial charge in [-0.25, -0.2) is 0 Å². The van der Waals surface area contributed by atoms with Gasteiger partial charge in [-0.2, -0.15) is 0 Å². The average Bonchev–Trinajstić information content (AvgIpc) is 2.18. The van der Waals surface area contributed by atoms with Gasteiger partial charge in [0.25, 0.3) is 0 Å². The highest BCUT2D eigenvalue weighted by Crippen LogP contribution is 2.31. The van der Waals surface area contributed by atoms with E-state index in [1.54, 1.807) is 0 Å². The lowest BCUT2D eigenvalue weighted by molar-refractivity contribution is 0.00299. The van der Waals surface area contributed by atoms with Crippen LogP contribution >= 0.6 is 27.5 Å². The fourth-order valence-corrected chi connectivity index (χ4v) is 2.61. The first-order valence-electron chi connectivity index (χ1n) is 5.52. The van der Waals surface area contributed by atoms with Gasteiger partial charge in [0.1, 0.15) is 0 Å². The van der Waals surface area contributed by atoms with E-state index in [-0.39, 0.29) is 0 Å². The molecule has 0 atom stereocenters. The second-order valence-electron chi connectivity index (χ2n) is 4.01. The van der Waals surface area contributed by atoms with E-state index in [9.17, 15) is 0 Å². The zero-order valence-electron chi connectivity index (χ0n) is 9.17. The maximum atomic E-state index is 6.13. The van der Waals surface area contributed by atoms with Crippen LogP contribution in [-0.2, 0) is 4.74 Å². The molecule has 16 heavy (non-hydrogen) atoms. The molecule has 0 radical (unpaired) electrons. The van der Waals surface area contributed by atoms with Crippen LogP contribution in [0.25, 0.3) is 0 Å². The smallest absolute Gasteiger partial charge is 0.0648 e. The van der Waals surface area contributed by atoms with Crippen LogP contribution in [0.3, 0.4) is 0 Å². The van der Waals surface area contributed by atoms with Gasteiger partial charge in [-0.05, 0) is 38.0 Å². The summed E-state index contributed by atoms with van der Waals surface area (Å²) in [6.45, 7) is 2.84. The Morgan fingerprint density at radius 2 is 2.25 bits per heavy atom. The number of rotatable bonds is 4. The van der Waals surface area contributed by atoms with Gasteiger partial charge in [-0.3, -0.25) is 0 Å². The fourth-order valence-electron chi connectivity index (χ4n) is 1.88. The van der Waals surface area contributed by atoms with Gasteiger partial charge in [0.2, 0.25) is 0 Å². The van der Waals surface area contributed by atoms with E-state index in [0.29, 0.717) is 12.1 Å². The zero-order valence-corrected chi connectivity index (χ0v) is 11.5. The van der Waals surface area contributed by atoms with Crippen molar-refractivity contribution in [1.29, 1.82) is 0 Å². The molecule has 0 aliphatic heterocycles. The highest BCUT2D eigenvalue weighted by Gasteiger charge is 2.29. The van der Waals surface area contributed by atoms with Crippen molar-refractivity contribution in [3.05, 3.63) is 27.7 Å². The summed E-state index contributed by atoms with van der Waals surface area (Å²) in [5, 5.41) is 4.19. The maximum absolute atomic E-state index is 6.13. The summed E-state index contributed by atoms with van der Waals surface area (Å²) in [4.78, 5) is 0. The van der Waals surface area contributed by atoms with Crippen LogP contribution < -0.4 is 5.32 Å². The van der Waals surface area contributed by atoms with E-state index >= 15 is 0 Å². The molecule has 1 saturated carbocycles. The lowest BCUT2D eigenvalue weighted by Crippen LogP contribution is -2.40. The molecule has 0 amide bonds. The molecule has 0 spiro atoms. The molecule has 0 aromatic heterocycles. The number of hydrogen-bond acceptors (Lipinski definition) is 2. The minimum atomic E-state index is 0.428. The van der Waals surface area contributed by atoms with Gasteiger partial charge < -0.3 is 10.1 Å². The van der Waals surface area contributed by atoms with E-state index in [1.165, 1.54) is 0 Å². The van der Waals surface area contributed by atoms with Crippen molar-refractivity contribution in [1.82, 2.24) is 0 Å². The Morgan fingerprint density at radius 3 is 2.88 bits per heavy atom. The van der Waals surface area contributed by atoms with Gasteiger partial charge in [0.15, 0.2) is 0 Å². The van der Waals surface area contributed by atoms with Gasteiger partial charge in [-0.1, -0.05) is 27.5 Å². The molecule has 0 unspecified atom stereocenters. The van der Waals surface area contributed by atoms with Crippen LogP contribution in [0.4, 0.5) is 5.69 Å². The summed E-state index contributed by atoms with van der Waals surface area (Å²) in [5.41, 5.74) is 1.00. The van der Waals surface area contributed by atoms with Crippen molar-refractivity contribution < 1.29 is 4.74 Å². The predicted molar refractivity (Wildman–Crippen MR) is 71.2 cm³/mol. The number of nitrogens with one attached hydrogen (secondary N) is 1. The molecular weight excluding hydrogens is 289 g/mol. The van der Waals surface area contributed by atoms with E-state index in [2.05, 4.69) is 21.2 Å². The molecule has 0 saturated heterocycles. The molecule has 2 rings (SSSR count). The van der Waals surface area contributed by atoms with E-state index in [4.69, 9.17) is 16.3 Å². The first kappa shape index (κ1) is 12.2. The first-order valence-corrected chi connectivity index (χ1v) is 6.69. The summed E-state index contributed by atoms with van der Waals surface area (Å²) < 4.78 is 6.52. The van der Waals surface area contributed by atoms with Crippen molar-refractivity contribution in [2.24, 2.45) is 0 Å². The van der Waals surface area contributed by atoms with Crippen LogP contribution in [0, 0.1) is 0 Å². The molecule has 1 aromatic carbocycles. The van der Waals surface area contributed by atoms with Crippen molar-refractivity contribution in [3.8, 4) is 0 Å². The molecule has 2 nitrogen and oxygen atoms in total. The van der Waals surface area contributed by atoms with Gasteiger partial charge >= 0.3 is 0 Å². The molecule has 1 N–H and O–H groups in total. The molecule has 1 aromatic rings. The normalized spacial score (nSPS) is 23.9. The van der Waals surface area contributed by atoms with Gasteiger partial charge in [0.05, 0.1) is 16.8 Å². The van der Waals surface area contributed by atoms with E-state index in [1.807, 2.05) is 25.1 Å². The number of halogens is 2. The Hall–Kier alpha value is -0.250. The predicted octanol–water partition coefficient (Wildman–Crippen LogP) is 4.08. The molecule has 4 heteroatoms. The zero-order chi connectivity index (χ0) is 11.5. The average molecular weight is 305 g/mol. The molecule has 1 aliphatic carbocycles. The van der Waals surface area contributed by atoms with Gasteiger partial charge in [0, 0.05) is 17.1 Å². The van der Waals surface area contributed by atoms with Crippen LogP contribution in [0.15, 0.2) is 22.7 Å². The lowest BCUT2D eigenvalue weighted by atomic mass is 9.89. The summed E-state index contributed by atoms with van der Waals surface area (Å²) in [6.07, 6.45) is 2.57. The minimum absolute atomic E-state index is 0.428. The molecule has 1 aliphatic rings. The third kappa shape index (κ3) is 2.90. The van der Waals surface area contributed by atoms with Crippen molar-refractivity contribution >= 4 is 33.2 Å². The Bertz CT molecular complexity index is 366. The Labute approximate surface area is 109 Å². The second-order valence-corrected chi connectivity index (χ2v) is 5.34. The van der Waals surface area contributed by atoms with Crippen LogP contribution in [-0.4, -0.2) is 18.8 Å². The van der Waals surface area contributed by atoms with E-state index < -0.39 is 0 Å². The Kier molecular flexibility index (Phi) is 4.11. The Balaban J connectivity index is 1.87. The fraction of sp³-hybridized carbons (Fsp3) is 0.500. The quantitative estimate of drug-likeness (QED) is 0.905. The van der Waals surface area contributed by atoms with Crippen LogP contribution in [0.2, 0.25) is 5.02 Å². The molecule has 0 bridgehead atoms. The summed E-state index contributed by atoms with van der Waals surface area (Å²) in [6, 6.07) is 6.39. The van der Waals surface area contributed by atoms with E-state index in [0.717, 1.165) is 34.6 Å². The van der Waals surface area contributed by atoms with Crippen LogP contribution in [0.1, 0.15) is 19.8 Å². The molecule has 1 fully saturated rings. The lowest BCUT2D eigenvalue weighted by Gasteiger charge is -2.36. The van der Waals surface area contributed by atoms with Gasteiger partial charge in [-0.15, -0.1) is 0 Å². The summed E-state index contributed by atoms with van der Waals surface area (Å²) in [5.74, 6) is 0. The maximum Gasteiger partial charge on any atom is 0.0648 e. The number of anilines is 1. The summed E-state index contributed by atoms with van der Waals surface area (Å²) in [7, 11) is 0. The first-order chi connectivity index (χ1) is 7.69. The third-order valence-corrected chi connectivity index (χ3v) is 3.59. The monoisotopic (exact) mass is 303 g/mol. The Morgan fingerprint density at radius 1 is 1.50 bits per heavy atom. The number of ether oxygens (including phenoxy) is 1. The van der Waals surface area contributed by atoms with Crippen molar-refractivity contribution in [2.45, 2.75) is 31.9 Å². The highest BCUT2D eigenvalue weighted by atomic mass is 79.9.